The molecule has 2 aliphatic heterocycles. The topological polar surface area (TPSA) is 108 Å². The third-order valence-electron chi connectivity index (χ3n) is 7.80. The molecule has 0 radical (unpaired) electrons. The molecule has 6 rings (SSSR count). The number of aliphatic carboxylic acids is 1. The number of likely N-dealkylation sites (tertiary alicyclic amines) is 1. The van der Waals surface area contributed by atoms with Crippen molar-refractivity contribution in [3.63, 3.8) is 0 Å². The summed E-state index contributed by atoms with van der Waals surface area (Å²) in [7, 11) is 0. The molecule has 2 saturated carbocycles. The first-order valence-corrected chi connectivity index (χ1v) is 12.6. The van der Waals surface area contributed by atoms with Gasteiger partial charge in [0.05, 0.1) is 23.3 Å². The van der Waals surface area contributed by atoms with Crippen LogP contribution in [-0.2, 0) is 14.4 Å². The van der Waals surface area contributed by atoms with Crippen LogP contribution in [0.25, 0.3) is 0 Å². The highest BCUT2D eigenvalue weighted by Crippen LogP contribution is 2.68. The van der Waals surface area contributed by atoms with E-state index in [9.17, 15) is 19.2 Å². The van der Waals surface area contributed by atoms with Gasteiger partial charge in [0.25, 0.3) is 0 Å². The first-order chi connectivity index (χ1) is 15.3. The molecule has 1 aromatic carbocycles. The van der Waals surface area contributed by atoms with Crippen molar-refractivity contribution in [3.8, 4) is 0 Å². The summed E-state index contributed by atoms with van der Waals surface area (Å²) in [6.45, 7) is 1.99. The van der Waals surface area contributed by atoms with Crippen LogP contribution in [-0.4, -0.2) is 44.6 Å². The molecule has 4 aliphatic rings. The number of nitrogens with zero attached hydrogens (tertiary/aromatic N) is 1. The molecule has 2 aliphatic carbocycles. The maximum absolute atomic E-state index is 13.3. The van der Waals surface area contributed by atoms with Crippen molar-refractivity contribution in [2.24, 2.45) is 29.6 Å². The molecular formula is C23H22N2O5S2. The SMILES string of the molecule is Cc1ccc([C@@H]2c3sc(=O)[nH]c3S[C@H]3[C@@H]4C[C@@H]([C@@H]5C(=O)N(CCC(=O)O)C(=O)[C@@H]45)[C@H]23)cc1. The highest BCUT2D eigenvalue weighted by Gasteiger charge is 2.69. The van der Waals surface area contributed by atoms with E-state index in [1.54, 1.807) is 11.8 Å². The smallest absolute Gasteiger partial charge is 0.305 e. The molecule has 0 spiro atoms. The number of nitrogens with one attached hydrogen (secondary N) is 1. The zero-order valence-electron chi connectivity index (χ0n) is 17.3. The van der Waals surface area contributed by atoms with E-state index in [0.29, 0.717) is 0 Å². The Morgan fingerprint density at radius 2 is 1.81 bits per heavy atom. The molecule has 32 heavy (non-hydrogen) atoms. The number of carboxylic acids is 1. The van der Waals surface area contributed by atoms with Gasteiger partial charge < -0.3 is 10.1 Å². The fourth-order valence-electron chi connectivity index (χ4n) is 6.65. The Balaban J connectivity index is 1.41. The van der Waals surface area contributed by atoms with Gasteiger partial charge in [-0.25, -0.2) is 0 Å². The van der Waals surface area contributed by atoms with Crippen molar-refractivity contribution < 1.29 is 19.5 Å². The molecule has 7 atom stereocenters. The van der Waals surface area contributed by atoms with Crippen LogP contribution in [0.4, 0.5) is 0 Å². The molecule has 2 bridgehead atoms. The number of carbonyl (C=O) groups is 3. The van der Waals surface area contributed by atoms with Crippen LogP contribution < -0.4 is 4.87 Å². The number of imide groups is 1. The van der Waals surface area contributed by atoms with E-state index in [1.807, 2.05) is 6.92 Å². The lowest BCUT2D eigenvalue weighted by Crippen LogP contribution is -2.42. The molecule has 2 aromatic rings. The average molecular weight is 471 g/mol. The first kappa shape index (κ1) is 20.2. The number of rotatable bonds is 4. The number of aromatic nitrogens is 1. The summed E-state index contributed by atoms with van der Waals surface area (Å²) in [5.41, 5.74) is 2.31. The van der Waals surface area contributed by atoms with E-state index in [4.69, 9.17) is 5.11 Å². The largest absolute Gasteiger partial charge is 0.481 e. The maximum atomic E-state index is 13.3. The quantitative estimate of drug-likeness (QED) is 0.666. The van der Waals surface area contributed by atoms with Crippen LogP contribution >= 0.6 is 23.1 Å². The minimum Gasteiger partial charge on any atom is -0.481 e. The Hall–Kier alpha value is -2.39. The second kappa shape index (κ2) is 7.05. The summed E-state index contributed by atoms with van der Waals surface area (Å²) in [6, 6.07) is 8.39. The van der Waals surface area contributed by atoms with E-state index in [0.717, 1.165) is 27.5 Å². The van der Waals surface area contributed by atoms with Gasteiger partial charge in [-0.2, -0.15) is 0 Å². The molecule has 2 N–H and O–H groups in total. The Kier molecular flexibility index (Phi) is 4.46. The Bertz CT molecular complexity index is 1200. The van der Waals surface area contributed by atoms with Gasteiger partial charge in [0.15, 0.2) is 0 Å². The molecule has 0 unspecified atom stereocenters. The van der Waals surface area contributed by atoms with Crippen molar-refractivity contribution in [2.45, 2.75) is 36.0 Å². The third kappa shape index (κ3) is 2.73. The van der Waals surface area contributed by atoms with Crippen molar-refractivity contribution in [1.82, 2.24) is 9.88 Å². The highest BCUT2D eigenvalue weighted by molar-refractivity contribution is 8.00. The molecular weight excluding hydrogens is 448 g/mol. The number of H-pyrrole nitrogens is 1. The monoisotopic (exact) mass is 470 g/mol. The minimum atomic E-state index is -1.01. The number of benzene rings is 1. The van der Waals surface area contributed by atoms with Gasteiger partial charge in [-0.15, -0.1) is 11.8 Å². The number of thiazole rings is 1. The molecule has 2 amide bonds. The molecule has 3 heterocycles. The fraction of sp³-hybridized carbons (Fsp3) is 0.478. The second-order valence-electron chi connectivity index (χ2n) is 9.34. The van der Waals surface area contributed by atoms with Gasteiger partial charge in [0.2, 0.25) is 11.8 Å². The number of hydrogen-bond acceptors (Lipinski definition) is 6. The summed E-state index contributed by atoms with van der Waals surface area (Å²) < 4.78 is 0. The van der Waals surface area contributed by atoms with Crippen molar-refractivity contribution >= 4 is 40.9 Å². The third-order valence-corrected chi connectivity index (χ3v) is 10.4. The number of amides is 2. The van der Waals surface area contributed by atoms with Crippen LogP contribution in [0.3, 0.4) is 0 Å². The molecule has 9 heteroatoms. The van der Waals surface area contributed by atoms with Gasteiger partial charge in [-0.3, -0.25) is 24.1 Å². The van der Waals surface area contributed by atoms with Crippen LogP contribution in [0, 0.1) is 36.5 Å². The summed E-state index contributed by atoms with van der Waals surface area (Å²) in [5, 5.41) is 10.1. The maximum Gasteiger partial charge on any atom is 0.305 e. The van der Waals surface area contributed by atoms with Crippen molar-refractivity contribution in [1.29, 1.82) is 0 Å². The number of thioether (sulfide) groups is 1. The number of hydrogen-bond donors (Lipinski definition) is 2. The van der Waals surface area contributed by atoms with Crippen molar-refractivity contribution in [2.75, 3.05) is 6.54 Å². The van der Waals surface area contributed by atoms with Crippen LogP contribution in [0.5, 0.6) is 0 Å². The zero-order chi connectivity index (χ0) is 22.3. The number of aryl methyl sites for hydroxylation is 1. The lowest BCUT2D eigenvalue weighted by atomic mass is 9.68. The van der Waals surface area contributed by atoms with Crippen molar-refractivity contribution in [3.05, 3.63) is 49.9 Å². The Labute approximate surface area is 192 Å². The average Bonchev–Trinajstić information content (AvgIpc) is 3.47. The Morgan fingerprint density at radius 3 is 2.50 bits per heavy atom. The molecule has 166 valence electrons. The molecule has 3 fully saturated rings. The van der Waals surface area contributed by atoms with Gasteiger partial charge in [-0.1, -0.05) is 41.2 Å². The van der Waals surface area contributed by atoms with E-state index in [2.05, 4.69) is 29.2 Å². The number of carbonyl (C=O) groups excluding carboxylic acids is 2. The van der Waals surface area contributed by atoms with Gasteiger partial charge in [0, 0.05) is 22.6 Å². The number of carboxylic acid groups (broad SMARTS) is 1. The van der Waals surface area contributed by atoms with Gasteiger partial charge in [-0.05, 0) is 36.7 Å². The van der Waals surface area contributed by atoms with Crippen LogP contribution in [0.15, 0.2) is 34.1 Å². The second-order valence-corrected chi connectivity index (χ2v) is 11.5. The molecule has 1 aromatic heterocycles. The predicted molar refractivity (Wildman–Crippen MR) is 119 cm³/mol. The molecule has 7 nitrogen and oxygen atoms in total. The standard InChI is InChI=1S/C23H22N2O5S2/c1-9-2-4-10(5-3-9)14-15-11-8-12(18(15)31-20-19(14)32-23(30)24-20)17-16(11)21(28)25(22(17)29)7-6-13(26)27/h2-5,11-12,14-18H,6-8H2,1H3,(H,24,30)(H,26,27)/t11-,12-,14+,15-,16+,17+,18+/m1/s1. The number of fused-ring (bicyclic) bond motifs is 9. The zero-order valence-corrected chi connectivity index (χ0v) is 18.9. The summed E-state index contributed by atoms with van der Waals surface area (Å²) in [5.74, 6) is -1.83. The number of aromatic amines is 1. The fourth-order valence-corrected chi connectivity index (χ4v) is 9.54. The predicted octanol–water partition coefficient (Wildman–Crippen LogP) is 2.69. The Morgan fingerprint density at radius 1 is 1.12 bits per heavy atom. The minimum absolute atomic E-state index is 0.0210. The summed E-state index contributed by atoms with van der Waals surface area (Å²) >= 11 is 2.92. The van der Waals surface area contributed by atoms with E-state index < -0.39 is 5.97 Å². The first-order valence-electron chi connectivity index (χ1n) is 10.9. The van der Waals surface area contributed by atoms with Crippen LogP contribution in [0.1, 0.15) is 34.8 Å². The van der Waals surface area contributed by atoms with Gasteiger partial charge in [0.1, 0.15) is 0 Å². The van der Waals surface area contributed by atoms with E-state index in [-0.39, 0.29) is 70.4 Å². The normalized spacial score (nSPS) is 34.5. The lowest BCUT2D eigenvalue weighted by Gasteiger charge is -2.43. The lowest BCUT2D eigenvalue weighted by molar-refractivity contribution is -0.142. The van der Waals surface area contributed by atoms with Crippen LogP contribution in [0.2, 0.25) is 0 Å². The highest BCUT2D eigenvalue weighted by atomic mass is 32.2. The van der Waals surface area contributed by atoms with Gasteiger partial charge >= 0.3 is 10.8 Å². The van der Waals surface area contributed by atoms with E-state index in [1.165, 1.54) is 16.2 Å². The molecule has 1 saturated heterocycles. The summed E-state index contributed by atoms with van der Waals surface area (Å²) in [6.07, 6.45) is 0.613. The van der Waals surface area contributed by atoms with E-state index >= 15 is 0 Å². The summed E-state index contributed by atoms with van der Waals surface area (Å²) in [4.78, 5) is 54.9.